The van der Waals surface area contributed by atoms with Gasteiger partial charge in [0.05, 0.1) is 5.69 Å². The van der Waals surface area contributed by atoms with Crippen molar-refractivity contribution < 1.29 is 0 Å². The van der Waals surface area contributed by atoms with Crippen LogP contribution in [0.1, 0.15) is 18.5 Å². The summed E-state index contributed by atoms with van der Waals surface area (Å²) >= 11 is 7.04. The van der Waals surface area contributed by atoms with Gasteiger partial charge in [0.15, 0.2) is 5.51 Å². The van der Waals surface area contributed by atoms with Crippen LogP contribution in [0.2, 0.25) is 0 Å². The average molecular weight is 175 g/mol. The molecule has 0 N–H and O–H groups in total. The lowest BCUT2D eigenvalue weighted by Gasteiger charge is -1.91. The van der Waals surface area contributed by atoms with Gasteiger partial charge in [-0.15, -0.1) is 22.9 Å². The normalized spacial score (nSPS) is 10.1. The van der Waals surface area contributed by atoms with E-state index < -0.39 is 0 Å². The van der Waals surface area contributed by atoms with Crippen molar-refractivity contribution in [2.75, 3.05) is 5.88 Å². The highest BCUT2D eigenvalue weighted by atomic mass is 35.5. The van der Waals surface area contributed by atoms with Gasteiger partial charge in [0, 0.05) is 11.3 Å². The summed E-state index contributed by atoms with van der Waals surface area (Å²) in [7, 11) is 0. The fourth-order valence-electron chi connectivity index (χ4n) is 0.721. The second kappa shape index (κ2) is 4.69. The van der Waals surface area contributed by atoms with E-state index in [-0.39, 0.29) is 0 Å². The molecule has 0 atom stereocenters. The van der Waals surface area contributed by atoms with Crippen LogP contribution in [0.15, 0.2) is 5.38 Å². The first kappa shape index (κ1) is 8.02. The predicted molar refractivity (Wildman–Crippen MR) is 44.6 cm³/mol. The third-order valence-corrected chi connectivity index (χ3v) is 2.11. The van der Waals surface area contributed by atoms with E-state index >= 15 is 0 Å². The van der Waals surface area contributed by atoms with Crippen molar-refractivity contribution in [1.82, 2.24) is 4.98 Å². The highest BCUT2D eigenvalue weighted by Gasteiger charge is 1.93. The molecule has 1 radical (unpaired) electrons. The molecule has 0 fully saturated rings. The molecule has 0 unspecified atom stereocenters. The Morgan fingerprint density at radius 3 is 3.10 bits per heavy atom. The number of halogens is 1. The van der Waals surface area contributed by atoms with Crippen molar-refractivity contribution in [2.24, 2.45) is 0 Å². The monoisotopic (exact) mass is 174 g/mol. The molecule has 1 heterocycles. The second-order valence-electron chi connectivity index (χ2n) is 2.08. The van der Waals surface area contributed by atoms with Gasteiger partial charge >= 0.3 is 0 Å². The zero-order valence-electron chi connectivity index (χ0n) is 5.64. The second-order valence-corrected chi connectivity index (χ2v) is 3.11. The standard InChI is InChI=1S/C7H9ClNS/c8-4-2-1-3-7-5-10-6-9-7/h5H,1-4H2. The zero-order chi connectivity index (χ0) is 7.23. The molecular formula is C7H9ClNS. The Morgan fingerprint density at radius 1 is 1.60 bits per heavy atom. The molecule has 0 aliphatic carbocycles. The van der Waals surface area contributed by atoms with E-state index in [4.69, 9.17) is 11.6 Å². The fraction of sp³-hybridized carbons (Fsp3) is 0.571. The largest absolute Gasteiger partial charge is 0.239 e. The molecule has 1 rings (SSSR count). The maximum atomic E-state index is 5.52. The first-order chi connectivity index (χ1) is 4.93. The molecule has 0 amide bonds. The predicted octanol–water partition coefficient (Wildman–Crippen LogP) is 2.50. The highest BCUT2D eigenvalue weighted by Crippen LogP contribution is 2.05. The summed E-state index contributed by atoms with van der Waals surface area (Å²) in [5.74, 6) is 0.758. The van der Waals surface area contributed by atoms with E-state index in [1.54, 1.807) is 0 Å². The van der Waals surface area contributed by atoms with Crippen molar-refractivity contribution in [1.29, 1.82) is 0 Å². The maximum absolute atomic E-state index is 5.52. The van der Waals surface area contributed by atoms with Crippen LogP contribution < -0.4 is 0 Å². The van der Waals surface area contributed by atoms with Crippen molar-refractivity contribution in [3.63, 3.8) is 0 Å². The van der Waals surface area contributed by atoms with Crippen LogP contribution in [0.5, 0.6) is 0 Å². The van der Waals surface area contributed by atoms with E-state index in [9.17, 15) is 0 Å². The van der Waals surface area contributed by atoms with Gasteiger partial charge < -0.3 is 0 Å². The summed E-state index contributed by atoms with van der Waals surface area (Å²) in [6.45, 7) is 0. The molecule has 1 aromatic rings. The van der Waals surface area contributed by atoms with E-state index in [1.165, 1.54) is 11.3 Å². The highest BCUT2D eigenvalue weighted by molar-refractivity contribution is 7.07. The Bertz CT molecular complexity index is 162. The van der Waals surface area contributed by atoms with Gasteiger partial charge in [0.25, 0.3) is 0 Å². The topological polar surface area (TPSA) is 12.9 Å². The molecule has 1 aromatic heterocycles. The van der Waals surface area contributed by atoms with Gasteiger partial charge in [-0.25, -0.2) is 4.98 Å². The summed E-state index contributed by atoms with van der Waals surface area (Å²) in [6.07, 6.45) is 3.27. The van der Waals surface area contributed by atoms with Gasteiger partial charge in [-0.1, -0.05) is 0 Å². The van der Waals surface area contributed by atoms with E-state index in [1.807, 2.05) is 5.38 Å². The Balaban J connectivity index is 2.15. The number of hydrogen-bond acceptors (Lipinski definition) is 2. The molecule has 0 spiro atoms. The maximum Gasteiger partial charge on any atom is 0.152 e. The van der Waals surface area contributed by atoms with Gasteiger partial charge in [-0.05, 0) is 19.3 Å². The fourth-order valence-corrected chi connectivity index (χ4v) is 1.44. The van der Waals surface area contributed by atoms with Crippen molar-refractivity contribution in [2.45, 2.75) is 19.3 Å². The molecule has 0 aliphatic rings. The van der Waals surface area contributed by atoms with E-state index in [0.29, 0.717) is 0 Å². The molecule has 55 valence electrons. The third-order valence-electron chi connectivity index (χ3n) is 1.25. The number of thiazole rings is 1. The Morgan fingerprint density at radius 2 is 2.50 bits per heavy atom. The molecule has 0 saturated heterocycles. The zero-order valence-corrected chi connectivity index (χ0v) is 7.21. The molecular weight excluding hydrogens is 166 g/mol. The van der Waals surface area contributed by atoms with Crippen LogP contribution in [-0.4, -0.2) is 10.9 Å². The number of aromatic nitrogens is 1. The quantitative estimate of drug-likeness (QED) is 0.505. The lowest BCUT2D eigenvalue weighted by atomic mass is 10.2. The number of aryl methyl sites for hydroxylation is 1. The molecule has 0 bridgehead atoms. The molecule has 0 saturated carbocycles. The van der Waals surface area contributed by atoms with E-state index in [0.717, 1.165) is 30.8 Å². The molecule has 0 aliphatic heterocycles. The number of nitrogens with zero attached hydrogens (tertiary/aromatic N) is 1. The number of hydrogen-bond donors (Lipinski definition) is 0. The summed E-state index contributed by atoms with van der Waals surface area (Å²) in [5.41, 5.74) is 3.96. The number of rotatable bonds is 4. The van der Waals surface area contributed by atoms with Crippen LogP contribution in [0.3, 0.4) is 0 Å². The van der Waals surface area contributed by atoms with Crippen molar-refractivity contribution in [3.8, 4) is 0 Å². The van der Waals surface area contributed by atoms with Crippen LogP contribution in [0, 0.1) is 5.51 Å². The smallest absolute Gasteiger partial charge is 0.152 e. The van der Waals surface area contributed by atoms with Gasteiger partial charge in [-0.3, -0.25) is 0 Å². The number of alkyl halides is 1. The molecule has 3 heteroatoms. The van der Waals surface area contributed by atoms with Gasteiger partial charge in [0.2, 0.25) is 0 Å². The Hall–Kier alpha value is -0.0800. The summed E-state index contributed by atoms with van der Waals surface area (Å²) in [5, 5.41) is 2.04. The first-order valence-electron chi connectivity index (χ1n) is 3.30. The minimum atomic E-state index is 0.758. The van der Waals surface area contributed by atoms with Crippen LogP contribution in [0.25, 0.3) is 0 Å². The van der Waals surface area contributed by atoms with E-state index in [2.05, 4.69) is 10.5 Å². The van der Waals surface area contributed by atoms with Gasteiger partial charge in [0.1, 0.15) is 0 Å². The number of unbranched alkanes of at least 4 members (excludes halogenated alkanes) is 1. The SMILES string of the molecule is ClCCCCc1cs[c]n1. The van der Waals surface area contributed by atoms with Crippen molar-refractivity contribution in [3.05, 3.63) is 16.6 Å². The molecule has 0 aromatic carbocycles. The van der Waals surface area contributed by atoms with Crippen LogP contribution in [0.4, 0.5) is 0 Å². The first-order valence-corrected chi connectivity index (χ1v) is 4.71. The molecule has 10 heavy (non-hydrogen) atoms. The third kappa shape index (κ3) is 2.67. The minimum Gasteiger partial charge on any atom is -0.239 e. The Kier molecular flexibility index (Phi) is 3.76. The Labute approximate surface area is 70.1 Å². The average Bonchev–Trinajstić information content (AvgIpc) is 2.41. The van der Waals surface area contributed by atoms with Gasteiger partial charge in [-0.2, -0.15) is 0 Å². The summed E-state index contributed by atoms with van der Waals surface area (Å²) < 4.78 is 0. The summed E-state index contributed by atoms with van der Waals surface area (Å²) in [6, 6.07) is 0. The minimum absolute atomic E-state index is 0.758. The van der Waals surface area contributed by atoms with Crippen LogP contribution in [-0.2, 0) is 6.42 Å². The van der Waals surface area contributed by atoms with Crippen molar-refractivity contribution >= 4 is 22.9 Å². The lowest BCUT2D eigenvalue weighted by molar-refractivity contribution is 0.785. The molecule has 1 nitrogen and oxygen atoms in total. The van der Waals surface area contributed by atoms with Crippen LogP contribution >= 0.6 is 22.9 Å². The lowest BCUT2D eigenvalue weighted by Crippen LogP contribution is -1.85. The summed E-state index contributed by atoms with van der Waals surface area (Å²) in [4.78, 5) is 4.04.